The van der Waals surface area contributed by atoms with Gasteiger partial charge in [-0.2, -0.15) is 0 Å². The molecule has 0 radical (unpaired) electrons. The average Bonchev–Trinajstić information content (AvgIpc) is 2.95. The molecule has 1 aliphatic carbocycles. The summed E-state index contributed by atoms with van der Waals surface area (Å²) in [6.45, 7) is 10.2. The lowest BCUT2D eigenvalue weighted by atomic mass is 9.75. The molecule has 2 aromatic heterocycles. The Morgan fingerprint density at radius 3 is 2.86 bits per heavy atom. The highest BCUT2D eigenvalue weighted by Gasteiger charge is 2.35. The Kier molecular flexibility index (Phi) is 4.54. The van der Waals surface area contributed by atoms with E-state index in [0.29, 0.717) is 12.2 Å². The van der Waals surface area contributed by atoms with E-state index in [1.165, 1.54) is 6.33 Å². The number of benzene rings is 1. The van der Waals surface area contributed by atoms with Crippen molar-refractivity contribution in [3.63, 3.8) is 0 Å². The molecule has 0 amide bonds. The molecule has 0 fully saturated rings. The van der Waals surface area contributed by atoms with Gasteiger partial charge < -0.3 is 10.3 Å². The zero-order valence-corrected chi connectivity index (χ0v) is 17.3. The fraction of sp³-hybridized carbons (Fsp3) is 0.318. The van der Waals surface area contributed by atoms with Gasteiger partial charge in [0.15, 0.2) is 5.78 Å². The number of nitrogens with two attached hydrogens (primary N) is 1. The van der Waals surface area contributed by atoms with Gasteiger partial charge >= 0.3 is 0 Å². The van der Waals surface area contributed by atoms with E-state index in [0.717, 1.165) is 50.5 Å². The van der Waals surface area contributed by atoms with Crippen LogP contribution >= 0.6 is 11.8 Å². The molecule has 0 atom stereocenters. The van der Waals surface area contributed by atoms with Crippen molar-refractivity contribution in [2.45, 2.75) is 38.5 Å². The SMILES string of the molecule is C=CCSc1c(-n2cc(C)c3c2CC(C)(C)CC3=O)ccc2c(N)ncnc12. The lowest BCUT2D eigenvalue weighted by molar-refractivity contribution is 0.0910. The Bertz CT molecular complexity index is 1110. The van der Waals surface area contributed by atoms with E-state index in [4.69, 9.17) is 5.73 Å². The topological polar surface area (TPSA) is 73.8 Å². The van der Waals surface area contributed by atoms with Crippen LogP contribution in [0.5, 0.6) is 0 Å². The summed E-state index contributed by atoms with van der Waals surface area (Å²) in [5.74, 6) is 1.46. The first kappa shape index (κ1) is 18.7. The lowest BCUT2D eigenvalue weighted by Gasteiger charge is -2.30. The summed E-state index contributed by atoms with van der Waals surface area (Å²) in [6, 6.07) is 4.02. The molecule has 4 rings (SSSR count). The highest BCUT2D eigenvalue weighted by Crippen LogP contribution is 2.41. The summed E-state index contributed by atoms with van der Waals surface area (Å²) in [4.78, 5) is 22.5. The molecule has 0 unspecified atom stereocenters. The summed E-state index contributed by atoms with van der Waals surface area (Å²) in [5.41, 5.74) is 10.9. The number of aryl methyl sites for hydroxylation is 1. The molecule has 0 aliphatic heterocycles. The molecule has 0 saturated heterocycles. The predicted molar refractivity (Wildman–Crippen MR) is 115 cm³/mol. The van der Waals surface area contributed by atoms with Crippen LogP contribution in [0.3, 0.4) is 0 Å². The number of hydrogen-bond acceptors (Lipinski definition) is 5. The number of rotatable bonds is 4. The van der Waals surface area contributed by atoms with Gasteiger partial charge in [-0.25, -0.2) is 9.97 Å². The highest BCUT2D eigenvalue weighted by atomic mass is 32.2. The standard InChI is InChI=1S/C22H24N4OS/c1-5-8-28-20-15(7-6-14-19(20)24-12-25-21(14)23)26-11-13(2)18-16(26)9-22(3,4)10-17(18)27/h5-7,11-12H,1,8-10H2,2-4H3,(H2,23,24,25). The summed E-state index contributed by atoms with van der Waals surface area (Å²) in [5, 5.41) is 0.840. The predicted octanol–water partition coefficient (Wildman–Crippen LogP) is 4.74. The van der Waals surface area contributed by atoms with Crippen molar-refractivity contribution in [3.05, 3.63) is 54.1 Å². The van der Waals surface area contributed by atoms with Gasteiger partial charge in [0, 0.05) is 35.0 Å². The maximum atomic E-state index is 12.8. The molecule has 0 bridgehead atoms. The number of aromatic nitrogens is 3. The first-order valence-electron chi connectivity index (χ1n) is 9.33. The van der Waals surface area contributed by atoms with Gasteiger partial charge in [0.05, 0.1) is 16.1 Å². The molecule has 2 N–H and O–H groups in total. The molecule has 2 heterocycles. The zero-order valence-electron chi connectivity index (χ0n) is 16.5. The molecule has 1 aliphatic rings. The third-order valence-electron chi connectivity index (χ3n) is 5.24. The summed E-state index contributed by atoms with van der Waals surface area (Å²) in [7, 11) is 0. The third-order valence-corrected chi connectivity index (χ3v) is 6.33. The summed E-state index contributed by atoms with van der Waals surface area (Å²) >= 11 is 1.67. The van der Waals surface area contributed by atoms with Gasteiger partial charge in [-0.05, 0) is 36.5 Å². The molecule has 6 heteroatoms. The molecular weight excluding hydrogens is 368 g/mol. The first-order chi connectivity index (χ1) is 13.3. The van der Waals surface area contributed by atoms with E-state index in [2.05, 4.69) is 47.2 Å². The Hall–Kier alpha value is -2.60. The Labute approximate surface area is 169 Å². The Morgan fingerprint density at radius 1 is 1.32 bits per heavy atom. The van der Waals surface area contributed by atoms with Crippen LogP contribution in [-0.2, 0) is 6.42 Å². The van der Waals surface area contributed by atoms with Gasteiger partial charge in [-0.1, -0.05) is 19.9 Å². The molecule has 28 heavy (non-hydrogen) atoms. The van der Waals surface area contributed by atoms with Crippen LogP contribution in [0.4, 0.5) is 5.82 Å². The quantitative estimate of drug-likeness (QED) is 0.512. The average molecular weight is 393 g/mol. The fourth-order valence-corrected chi connectivity index (χ4v) is 4.98. The highest BCUT2D eigenvalue weighted by molar-refractivity contribution is 7.99. The minimum atomic E-state index is -0.0511. The monoisotopic (exact) mass is 392 g/mol. The third kappa shape index (κ3) is 3.02. The molecule has 1 aromatic carbocycles. The number of carbonyl (C=O) groups excluding carboxylic acids is 1. The molecule has 144 valence electrons. The van der Waals surface area contributed by atoms with Crippen LogP contribution < -0.4 is 5.73 Å². The molecule has 5 nitrogen and oxygen atoms in total. The number of fused-ring (bicyclic) bond motifs is 2. The second-order valence-corrected chi connectivity index (χ2v) is 9.14. The van der Waals surface area contributed by atoms with E-state index < -0.39 is 0 Å². The zero-order chi connectivity index (χ0) is 20.1. The number of nitrogens with zero attached hydrogens (tertiary/aromatic N) is 3. The van der Waals surface area contributed by atoms with Crippen LogP contribution in [0.15, 0.2) is 42.2 Å². The van der Waals surface area contributed by atoms with Gasteiger partial charge in [-0.15, -0.1) is 18.3 Å². The Balaban J connectivity index is 1.99. The lowest BCUT2D eigenvalue weighted by Crippen LogP contribution is -2.28. The summed E-state index contributed by atoms with van der Waals surface area (Å²) < 4.78 is 2.17. The fourth-order valence-electron chi connectivity index (χ4n) is 4.08. The number of anilines is 1. The minimum absolute atomic E-state index is 0.0511. The van der Waals surface area contributed by atoms with E-state index in [1.807, 2.05) is 19.1 Å². The van der Waals surface area contributed by atoms with Crippen LogP contribution in [0.2, 0.25) is 0 Å². The van der Waals surface area contributed by atoms with E-state index in [1.54, 1.807) is 11.8 Å². The van der Waals surface area contributed by atoms with Gasteiger partial charge in [0.2, 0.25) is 0 Å². The second-order valence-electron chi connectivity index (χ2n) is 8.11. The van der Waals surface area contributed by atoms with Gasteiger partial charge in [0.1, 0.15) is 12.1 Å². The number of thioether (sulfide) groups is 1. The second kappa shape index (κ2) is 6.78. The molecule has 0 spiro atoms. The van der Waals surface area contributed by atoms with Crippen molar-refractivity contribution in [1.82, 2.24) is 14.5 Å². The van der Waals surface area contributed by atoms with Crippen molar-refractivity contribution >= 4 is 34.3 Å². The van der Waals surface area contributed by atoms with Crippen LogP contribution in [-0.4, -0.2) is 26.1 Å². The number of carbonyl (C=O) groups is 1. The van der Waals surface area contributed by atoms with Crippen molar-refractivity contribution in [1.29, 1.82) is 0 Å². The maximum absolute atomic E-state index is 12.8. The van der Waals surface area contributed by atoms with Crippen molar-refractivity contribution in [3.8, 4) is 5.69 Å². The number of hydrogen-bond donors (Lipinski definition) is 1. The van der Waals surface area contributed by atoms with E-state index in [9.17, 15) is 4.79 Å². The molecular formula is C22H24N4OS. The van der Waals surface area contributed by atoms with Crippen LogP contribution in [0.25, 0.3) is 16.6 Å². The van der Waals surface area contributed by atoms with Crippen molar-refractivity contribution in [2.75, 3.05) is 11.5 Å². The number of ketones is 1. The summed E-state index contributed by atoms with van der Waals surface area (Å²) in [6.07, 6.45) is 6.90. The number of Topliss-reactive ketones (excluding diaryl/α,β-unsaturated/α-hetero) is 1. The van der Waals surface area contributed by atoms with E-state index >= 15 is 0 Å². The maximum Gasteiger partial charge on any atom is 0.165 e. The van der Waals surface area contributed by atoms with Crippen LogP contribution in [0.1, 0.15) is 41.9 Å². The van der Waals surface area contributed by atoms with Crippen molar-refractivity contribution in [2.24, 2.45) is 5.41 Å². The van der Waals surface area contributed by atoms with Crippen LogP contribution in [0, 0.1) is 12.3 Å². The van der Waals surface area contributed by atoms with E-state index in [-0.39, 0.29) is 11.2 Å². The largest absolute Gasteiger partial charge is 0.383 e. The van der Waals surface area contributed by atoms with Crippen molar-refractivity contribution < 1.29 is 4.79 Å². The molecule has 3 aromatic rings. The van der Waals surface area contributed by atoms with Gasteiger partial charge in [0.25, 0.3) is 0 Å². The first-order valence-corrected chi connectivity index (χ1v) is 10.3. The number of nitrogen functional groups attached to an aromatic ring is 1. The Morgan fingerprint density at radius 2 is 2.11 bits per heavy atom. The molecule has 0 saturated carbocycles. The normalized spacial score (nSPS) is 15.6. The van der Waals surface area contributed by atoms with Gasteiger partial charge in [-0.3, -0.25) is 4.79 Å². The minimum Gasteiger partial charge on any atom is -0.383 e. The smallest absolute Gasteiger partial charge is 0.165 e.